The van der Waals surface area contributed by atoms with Gasteiger partial charge in [0.1, 0.15) is 18.0 Å². The lowest BCUT2D eigenvalue weighted by Gasteiger charge is -2.18. The van der Waals surface area contributed by atoms with Crippen molar-refractivity contribution >= 4 is 11.9 Å². The summed E-state index contributed by atoms with van der Waals surface area (Å²) in [5.74, 6) is -3.53. The molecular weight excluding hydrogens is 407 g/mol. The van der Waals surface area contributed by atoms with Gasteiger partial charge in [0, 0.05) is 19.6 Å². The number of likely N-dealkylation sites (tertiary alicyclic amines) is 1. The number of aliphatic carboxylic acids is 2. The number of β-amino-alcohol motifs (C(OH)–C–C–N with tert-alkyl or cyclic N) is 1. The van der Waals surface area contributed by atoms with Crippen LogP contribution in [0.5, 0.6) is 5.75 Å². The van der Waals surface area contributed by atoms with Crippen LogP contribution in [-0.2, 0) is 22.3 Å². The number of rotatable bonds is 4. The summed E-state index contributed by atoms with van der Waals surface area (Å²) in [6.07, 6.45) is -5.69. The molecule has 3 N–H and O–H groups in total. The van der Waals surface area contributed by atoms with Gasteiger partial charge in [-0.25, -0.2) is 9.59 Å². The van der Waals surface area contributed by atoms with Crippen LogP contribution in [0.15, 0.2) is 54.6 Å². The molecule has 2 aromatic carbocycles. The second kappa shape index (κ2) is 10.1. The number of aliphatic hydroxyl groups excluding tert-OH is 1. The van der Waals surface area contributed by atoms with E-state index >= 15 is 0 Å². The van der Waals surface area contributed by atoms with Crippen molar-refractivity contribution in [2.45, 2.75) is 24.9 Å². The van der Waals surface area contributed by atoms with Crippen LogP contribution in [0.1, 0.15) is 11.1 Å². The molecule has 1 aliphatic heterocycles. The van der Waals surface area contributed by atoms with Gasteiger partial charge in [-0.05, 0) is 23.8 Å². The Hall–Kier alpha value is -3.11. The fraction of sp³-hybridized carbons (Fsp3) is 0.300. The van der Waals surface area contributed by atoms with Crippen LogP contribution in [0.2, 0.25) is 0 Å². The topological polar surface area (TPSA) is 107 Å². The quantitative estimate of drug-likeness (QED) is 0.644. The molecule has 1 aliphatic rings. The minimum Gasteiger partial charge on any atom is -0.486 e. The van der Waals surface area contributed by atoms with Gasteiger partial charge < -0.3 is 20.1 Å². The summed E-state index contributed by atoms with van der Waals surface area (Å²) in [5, 5.41) is 24.9. The van der Waals surface area contributed by atoms with E-state index in [0.29, 0.717) is 19.6 Å². The van der Waals surface area contributed by atoms with Gasteiger partial charge >= 0.3 is 18.1 Å². The molecule has 3 rings (SSSR count). The monoisotopic (exact) mass is 427 g/mol. The molecule has 7 nitrogen and oxygen atoms in total. The van der Waals surface area contributed by atoms with Crippen molar-refractivity contribution in [3.63, 3.8) is 0 Å². The molecule has 30 heavy (non-hydrogen) atoms. The molecular formula is C20H20F3NO6. The molecule has 2 unspecified atom stereocenters. The molecule has 0 amide bonds. The summed E-state index contributed by atoms with van der Waals surface area (Å²) < 4.78 is 43.8. The zero-order valence-electron chi connectivity index (χ0n) is 15.6. The van der Waals surface area contributed by atoms with Crippen LogP contribution >= 0.6 is 0 Å². The third kappa shape index (κ3) is 7.05. The van der Waals surface area contributed by atoms with Gasteiger partial charge in [-0.3, -0.25) is 4.90 Å². The van der Waals surface area contributed by atoms with Gasteiger partial charge in [-0.15, -0.1) is 0 Å². The Labute approximate surface area is 169 Å². The van der Waals surface area contributed by atoms with Crippen molar-refractivity contribution in [2.75, 3.05) is 13.1 Å². The highest BCUT2D eigenvalue weighted by atomic mass is 19.4. The third-order valence-electron chi connectivity index (χ3n) is 4.19. The molecule has 0 radical (unpaired) electrons. The Morgan fingerprint density at radius 2 is 1.63 bits per heavy atom. The van der Waals surface area contributed by atoms with Crippen LogP contribution < -0.4 is 4.74 Å². The SMILES string of the molecule is O=C(O)C(=O)O.OC1CN(Cc2ccccc2)CC1Oc1cccc(C(F)(F)F)c1. The average molecular weight is 427 g/mol. The Kier molecular flexibility index (Phi) is 7.79. The van der Waals surface area contributed by atoms with Gasteiger partial charge in [0.05, 0.1) is 5.56 Å². The number of hydrogen-bond donors (Lipinski definition) is 3. The number of nitrogens with zero attached hydrogens (tertiary/aromatic N) is 1. The zero-order valence-corrected chi connectivity index (χ0v) is 15.6. The standard InChI is InChI=1S/C18H18F3NO2.C2H2O4/c19-18(20,21)14-7-4-8-15(9-14)24-17-12-22(11-16(17)23)10-13-5-2-1-3-6-13;3-1(4)2(5)6/h1-9,16-17,23H,10-12H2;(H,3,4)(H,5,6). The molecule has 10 heteroatoms. The van der Waals surface area contributed by atoms with E-state index in [4.69, 9.17) is 24.5 Å². The highest BCUT2D eigenvalue weighted by Crippen LogP contribution is 2.32. The van der Waals surface area contributed by atoms with Gasteiger partial charge in [0.15, 0.2) is 0 Å². The summed E-state index contributed by atoms with van der Waals surface area (Å²) in [6.45, 7) is 1.56. The van der Waals surface area contributed by atoms with E-state index in [1.54, 1.807) is 0 Å². The lowest BCUT2D eigenvalue weighted by Crippen LogP contribution is -2.30. The number of ether oxygens (including phenoxy) is 1. The summed E-state index contributed by atoms with van der Waals surface area (Å²) in [4.78, 5) is 20.2. The Bertz CT molecular complexity index is 847. The van der Waals surface area contributed by atoms with Crippen molar-refractivity contribution in [2.24, 2.45) is 0 Å². The predicted molar refractivity (Wildman–Crippen MR) is 98.9 cm³/mol. The fourth-order valence-electron chi connectivity index (χ4n) is 2.84. The minimum atomic E-state index is -4.41. The van der Waals surface area contributed by atoms with E-state index < -0.39 is 35.9 Å². The first kappa shape index (κ1) is 23.2. The summed E-state index contributed by atoms with van der Waals surface area (Å²) in [7, 11) is 0. The molecule has 0 aliphatic carbocycles. The summed E-state index contributed by atoms with van der Waals surface area (Å²) in [6, 6.07) is 14.6. The number of carboxylic acid groups (broad SMARTS) is 2. The number of hydrogen-bond acceptors (Lipinski definition) is 5. The molecule has 0 aromatic heterocycles. The van der Waals surface area contributed by atoms with E-state index in [-0.39, 0.29) is 5.75 Å². The molecule has 0 saturated carbocycles. The molecule has 0 spiro atoms. The highest BCUT2D eigenvalue weighted by Gasteiger charge is 2.34. The lowest BCUT2D eigenvalue weighted by atomic mass is 10.2. The predicted octanol–water partition coefficient (Wildman–Crippen LogP) is 2.49. The first-order chi connectivity index (χ1) is 14.1. The minimum absolute atomic E-state index is 0.121. The van der Waals surface area contributed by atoms with E-state index in [1.807, 2.05) is 35.2 Å². The molecule has 162 valence electrons. The van der Waals surface area contributed by atoms with E-state index in [0.717, 1.165) is 17.7 Å². The van der Waals surface area contributed by atoms with Gasteiger partial charge in [-0.1, -0.05) is 36.4 Å². The molecule has 1 fully saturated rings. The number of benzene rings is 2. The Morgan fingerprint density at radius 1 is 1.00 bits per heavy atom. The normalized spacial score (nSPS) is 18.9. The molecule has 1 heterocycles. The van der Waals surface area contributed by atoms with Crippen LogP contribution in [0.3, 0.4) is 0 Å². The van der Waals surface area contributed by atoms with Crippen LogP contribution in [0.25, 0.3) is 0 Å². The Morgan fingerprint density at radius 3 is 2.20 bits per heavy atom. The van der Waals surface area contributed by atoms with Crippen molar-refractivity contribution in [3.05, 3.63) is 65.7 Å². The first-order valence-electron chi connectivity index (χ1n) is 8.80. The first-order valence-corrected chi connectivity index (χ1v) is 8.80. The highest BCUT2D eigenvalue weighted by molar-refractivity contribution is 6.27. The maximum atomic E-state index is 12.7. The Balaban J connectivity index is 0.000000469. The van der Waals surface area contributed by atoms with Crippen molar-refractivity contribution in [1.82, 2.24) is 4.90 Å². The molecule has 2 aromatic rings. The van der Waals surface area contributed by atoms with Crippen molar-refractivity contribution in [3.8, 4) is 5.75 Å². The maximum absolute atomic E-state index is 12.7. The number of alkyl halides is 3. The summed E-state index contributed by atoms with van der Waals surface area (Å²) >= 11 is 0. The fourth-order valence-corrected chi connectivity index (χ4v) is 2.84. The van der Waals surface area contributed by atoms with Gasteiger partial charge in [0.2, 0.25) is 0 Å². The van der Waals surface area contributed by atoms with E-state index in [1.165, 1.54) is 12.1 Å². The number of halogens is 3. The van der Waals surface area contributed by atoms with Crippen molar-refractivity contribution < 1.29 is 42.8 Å². The number of carbonyl (C=O) groups is 2. The molecule has 0 bridgehead atoms. The molecule has 1 saturated heterocycles. The summed E-state index contributed by atoms with van der Waals surface area (Å²) in [5.41, 5.74) is 0.359. The lowest BCUT2D eigenvalue weighted by molar-refractivity contribution is -0.159. The van der Waals surface area contributed by atoms with Crippen LogP contribution in [-0.4, -0.2) is 57.5 Å². The molecule has 2 atom stereocenters. The van der Waals surface area contributed by atoms with E-state index in [2.05, 4.69) is 0 Å². The number of aliphatic hydroxyl groups is 1. The maximum Gasteiger partial charge on any atom is 0.416 e. The second-order valence-corrected chi connectivity index (χ2v) is 6.54. The van der Waals surface area contributed by atoms with Crippen LogP contribution in [0, 0.1) is 0 Å². The smallest absolute Gasteiger partial charge is 0.416 e. The largest absolute Gasteiger partial charge is 0.486 e. The number of carboxylic acids is 2. The average Bonchev–Trinajstić information content (AvgIpc) is 3.01. The van der Waals surface area contributed by atoms with Crippen LogP contribution in [0.4, 0.5) is 13.2 Å². The van der Waals surface area contributed by atoms with Gasteiger partial charge in [-0.2, -0.15) is 13.2 Å². The van der Waals surface area contributed by atoms with Crippen molar-refractivity contribution in [1.29, 1.82) is 0 Å². The van der Waals surface area contributed by atoms with Gasteiger partial charge in [0.25, 0.3) is 0 Å². The third-order valence-corrected chi connectivity index (χ3v) is 4.19. The zero-order chi connectivity index (χ0) is 22.3. The van der Waals surface area contributed by atoms with E-state index in [9.17, 15) is 18.3 Å². The second-order valence-electron chi connectivity index (χ2n) is 6.54.